The summed E-state index contributed by atoms with van der Waals surface area (Å²) in [5.74, 6) is -0.811. The monoisotopic (exact) mass is 683 g/mol. The molecule has 0 spiro atoms. The summed E-state index contributed by atoms with van der Waals surface area (Å²) >= 11 is 1.31. The first-order valence-corrected chi connectivity index (χ1v) is 16.0. The molecule has 4 aromatic rings. The molecule has 0 saturated heterocycles. The van der Waals surface area contributed by atoms with Crippen LogP contribution in [0.15, 0.2) is 79.5 Å². The molecule has 1 aromatic heterocycles. The Balaban J connectivity index is 0.00000323. The topological polar surface area (TPSA) is 203 Å². The quantitative estimate of drug-likeness (QED) is 0.0464. The van der Waals surface area contributed by atoms with Gasteiger partial charge in [0.25, 0.3) is 5.91 Å². The molecule has 0 aliphatic heterocycles. The van der Waals surface area contributed by atoms with Gasteiger partial charge in [-0.05, 0) is 66.1 Å². The summed E-state index contributed by atoms with van der Waals surface area (Å²) in [6.07, 6.45) is 1.09. The summed E-state index contributed by atoms with van der Waals surface area (Å²) in [6, 6.07) is 12.3. The number of azo groups is 1. The Hall–Kier alpha value is -1.49. The number of nitrogens with one attached hydrogen (secondary N) is 1. The smallest absolute Gasteiger partial charge is 0.744 e. The van der Waals surface area contributed by atoms with Crippen LogP contribution in [0.2, 0.25) is 0 Å². The van der Waals surface area contributed by atoms with Gasteiger partial charge in [0.2, 0.25) is 0 Å². The molecule has 216 valence electrons. The molecule has 1 amide bonds. The number of carbonyl (C=O) groups is 1. The molecule has 0 atom stereocenters. The average molecular weight is 684 g/mol. The molecule has 0 aliphatic carbocycles. The largest absolute Gasteiger partial charge is 1.00 e. The van der Waals surface area contributed by atoms with Crippen LogP contribution in [0.4, 0.5) is 22.1 Å². The third-order valence-electron chi connectivity index (χ3n) is 5.44. The van der Waals surface area contributed by atoms with Crippen molar-refractivity contribution >= 4 is 82.4 Å². The van der Waals surface area contributed by atoms with Crippen molar-refractivity contribution in [3.63, 3.8) is 0 Å². The van der Waals surface area contributed by atoms with Crippen molar-refractivity contribution in [3.8, 4) is 0 Å². The number of sulfone groups is 1. The van der Waals surface area contributed by atoms with Gasteiger partial charge in [0.05, 0.1) is 33.0 Å². The molecule has 4 rings (SSSR count). The van der Waals surface area contributed by atoms with Gasteiger partial charge in [-0.15, -0.1) is 10.2 Å². The molecule has 0 radical (unpaired) electrons. The van der Waals surface area contributed by atoms with Crippen LogP contribution in [0.25, 0.3) is 10.9 Å². The van der Waals surface area contributed by atoms with Gasteiger partial charge in [-0.2, -0.15) is 8.71 Å². The van der Waals surface area contributed by atoms with E-state index in [1.807, 2.05) is 0 Å². The zero-order valence-electron chi connectivity index (χ0n) is 23.3. The van der Waals surface area contributed by atoms with Crippen molar-refractivity contribution in [2.75, 3.05) is 30.6 Å². The molecule has 0 fully saturated rings. The standard InChI is InChI=1S/C23H21N5O9S4.2Na/c1-28(2)14-4-6-20(25-26-23-18-12-16(40(3,31)32)5-7-19(18)27-38-23)21(10-14)24-22(29)13-8-15(39-37-36-30)11-17(9-13)41(33,34)35;;/h4-12,30H,1-3H3,(H,24,29)(H,33,34,35);;/q;2*+1/p-2. The number of nitrogens with zero attached hydrogens (tertiary/aromatic N) is 4. The van der Waals surface area contributed by atoms with Gasteiger partial charge in [0.1, 0.15) is 15.8 Å². The van der Waals surface area contributed by atoms with Crippen LogP contribution in [0.3, 0.4) is 0 Å². The average Bonchev–Trinajstić information content (AvgIpc) is 3.32. The Labute approximate surface area is 299 Å². The zero-order chi connectivity index (χ0) is 29.9. The van der Waals surface area contributed by atoms with Crippen molar-refractivity contribution in [1.29, 1.82) is 0 Å². The molecule has 0 bridgehead atoms. The number of fused-ring (bicyclic) bond motifs is 1. The van der Waals surface area contributed by atoms with Crippen LogP contribution in [0.1, 0.15) is 10.4 Å². The van der Waals surface area contributed by atoms with Gasteiger partial charge in [0.15, 0.2) is 14.8 Å². The normalized spacial score (nSPS) is 11.7. The molecule has 3 aromatic carbocycles. The molecule has 20 heteroatoms. The third-order valence-corrected chi connectivity index (χ3v) is 8.68. The molecule has 0 unspecified atom stereocenters. The Morgan fingerprint density at radius 2 is 1.72 bits per heavy atom. The Morgan fingerprint density at radius 1 is 1.00 bits per heavy atom. The van der Waals surface area contributed by atoms with E-state index in [9.17, 15) is 31.4 Å². The van der Waals surface area contributed by atoms with E-state index in [1.165, 1.54) is 18.2 Å². The number of carbonyl (C=O) groups excluding carboxylic acids is 1. The van der Waals surface area contributed by atoms with E-state index in [2.05, 4.69) is 29.3 Å². The second-order valence-corrected chi connectivity index (χ2v) is 13.5. The molecule has 14 nitrogen and oxygen atoms in total. The first-order valence-electron chi connectivity index (χ1n) is 11.1. The maximum Gasteiger partial charge on any atom is 1.00 e. The van der Waals surface area contributed by atoms with E-state index in [4.69, 9.17) is 0 Å². The Bertz CT molecular complexity index is 1890. The van der Waals surface area contributed by atoms with Crippen LogP contribution in [0.5, 0.6) is 0 Å². The second-order valence-electron chi connectivity index (χ2n) is 8.56. The summed E-state index contributed by atoms with van der Waals surface area (Å²) in [4.78, 5) is 14.3. The molecule has 0 aliphatic rings. The van der Waals surface area contributed by atoms with Crippen LogP contribution >= 0.6 is 23.6 Å². The number of aromatic nitrogens is 1. The first kappa shape index (κ1) is 37.7. The Morgan fingerprint density at radius 3 is 2.35 bits per heavy atom. The SMILES string of the molecule is CN(C)c1ccc(N=Nc2snc3ccc(S(C)(=O)=O)cc23)c(NC(=O)c2cc(SOO[O-])cc(S(=O)(=O)[O-])c2)c1.[Na+].[Na+]. The molecular formula is C23H19N5Na2O9S4. The number of anilines is 2. The van der Waals surface area contributed by atoms with E-state index >= 15 is 0 Å². The van der Waals surface area contributed by atoms with Crippen molar-refractivity contribution < 1.29 is 99.9 Å². The van der Waals surface area contributed by atoms with Crippen LogP contribution in [-0.2, 0) is 29.3 Å². The van der Waals surface area contributed by atoms with Crippen molar-refractivity contribution in [3.05, 3.63) is 60.2 Å². The molecular weight excluding hydrogens is 665 g/mol. The summed E-state index contributed by atoms with van der Waals surface area (Å²) in [5, 5.41) is 25.4. The van der Waals surface area contributed by atoms with Crippen LogP contribution in [0, 0.1) is 0 Å². The molecule has 43 heavy (non-hydrogen) atoms. The predicted octanol–water partition coefficient (Wildman–Crippen LogP) is -2.42. The first-order chi connectivity index (χ1) is 19.3. The molecule has 1 heterocycles. The second kappa shape index (κ2) is 15.7. The third kappa shape index (κ3) is 9.75. The van der Waals surface area contributed by atoms with E-state index in [0.717, 1.165) is 29.9 Å². The minimum Gasteiger partial charge on any atom is -0.744 e. The van der Waals surface area contributed by atoms with Gasteiger partial charge in [0, 0.05) is 41.9 Å². The van der Waals surface area contributed by atoms with Gasteiger partial charge in [-0.3, -0.25) is 9.83 Å². The van der Waals surface area contributed by atoms with Gasteiger partial charge < -0.3 is 20.0 Å². The van der Waals surface area contributed by atoms with Gasteiger partial charge >= 0.3 is 59.1 Å². The van der Waals surface area contributed by atoms with Crippen molar-refractivity contribution in [1.82, 2.24) is 4.37 Å². The van der Waals surface area contributed by atoms with E-state index in [0.29, 0.717) is 33.6 Å². The maximum absolute atomic E-state index is 13.2. The zero-order valence-corrected chi connectivity index (χ0v) is 30.6. The minimum absolute atomic E-state index is 0. The van der Waals surface area contributed by atoms with Crippen LogP contribution < -0.4 is 74.6 Å². The summed E-state index contributed by atoms with van der Waals surface area (Å²) < 4.78 is 67.3. The number of hydrogen-bond donors (Lipinski definition) is 1. The fourth-order valence-corrected chi connectivity index (χ4v) is 5.85. The Kier molecular flexibility index (Phi) is 13.7. The van der Waals surface area contributed by atoms with E-state index in [1.54, 1.807) is 43.3 Å². The van der Waals surface area contributed by atoms with Gasteiger partial charge in [-0.1, -0.05) is 0 Å². The molecule has 0 saturated carbocycles. The number of amides is 1. The summed E-state index contributed by atoms with van der Waals surface area (Å²) in [5.41, 5.74) is 1.35. The minimum atomic E-state index is -4.97. The maximum atomic E-state index is 13.2. The fraction of sp³-hybridized carbons (Fsp3) is 0.130. The number of hydrogen-bond acceptors (Lipinski definition) is 15. The summed E-state index contributed by atoms with van der Waals surface area (Å²) in [6.45, 7) is 0. The molecule has 1 N–H and O–H groups in total. The van der Waals surface area contributed by atoms with E-state index < -0.39 is 30.8 Å². The number of benzene rings is 3. The van der Waals surface area contributed by atoms with Crippen molar-refractivity contribution in [2.45, 2.75) is 14.7 Å². The predicted molar refractivity (Wildman–Crippen MR) is 148 cm³/mol. The van der Waals surface area contributed by atoms with E-state index in [-0.39, 0.29) is 85.8 Å². The van der Waals surface area contributed by atoms with Crippen molar-refractivity contribution in [2.24, 2.45) is 10.2 Å². The number of rotatable bonds is 10. The van der Waals surface area contributed by atoms with Gasteiger partial charge in [-0.25, -0.2) is 16.8 Å². The fourth-order valence-electron chi connectivity index (χ4n) is 3.44. The summed E-state index contributed by atoms with van der Waals surface area (Å²) in [7, 11) is -4.90. The van der Waals surface area contributed by atoms with Crippen LogP contribution in [-0.4, -0.2) is 52.0 Å².